The van der Waals surface area contributed by atoms with E-state index in [2.05, 4.69) is 4.74 Å². The van der Waals surface area contributed by atoms with Crippen LogP contribution in [0.1, 0.15) is 30.0 Å². The van der Waals surface area contributed by atoms with Crippen LogP contribution in [0.4, 0.5) is 8.78 Å². The van der Waals surface area contributed by atoms with Crippen molar-refractivity contribution in [1.29, 1.82) is 0 Å². The zero-order chi connectivity index (χ0) is 13.0. The van der Waals surface area contributed by atoms with E-state index in [1.165, 1.54) is 26.2 Å². The van der Waals surface area contributed by atoms with Gasteiger partial charge in [-0.3, -0.25) is 4.79 Å². The van der Waals surface area contributed by atoms with Crippen LogP contribution in [-0.4, -0.2) is 13.1 Å². The van der Waals surface area contributed by atoms with E-state index in [9.17, 15) is 13.6 Å². The Labute approximate surface area is 98.6 Å². The summed E-state index contributed by atoms with van der Waals surface area (Å²) < 4.78 is 31.6. The highest BCUT2D eigenvalue weighted by Crippen LogP contribution is 2.24. The van der Waals surface area contributed by atoms with E-state index in [1.54, 1.807) is 0 Å². The van der Waals surface area contributed by atoms with Crippen LogP contribution in [0, 0.1) is 18.6 Å². The molecule has 5 heteroatoms. The minimum atomic E-state index is -0.853. The first-order valence-corrected chi connectivity index (χ1v) is 5.24. The number of hydrogen-bond acceptors (Lipinski definition) is 3. The van der Waals surface area contributed by atoms with Crippen LogP contribution in [0.25, 0.3) is 0 Å². The zero-order valence-electron chi connectivity index (χ0n) is 9.80. The Morgan fingerprint density at radius 1 is 1.47 bits per heavy atom. The van der Waals surface area contributed by atoms with E-state index in [4.69, 9.17) is 5.73 Å². The summed E-state index contributed by atoms with van der Waals surface area (Å²) in [5.41, 5.74) is 5.84. The molecule has 0 saturated heterocycles. The van der Waals surface area contributed by atoms with Crippen LogP contribution in [0.5, 0.6) is 0 Å². The monoisotopic (exact) mass is 243 g/mol. The SMILES string of the molecule is COC(=O)CCC(N)c1c(F)ccc(C)c1F. The van der Waals surface area contributed by atoms with Gasteiger partial charge in [-0.15, -0.1) is 0 Å². The minimum absolute atomic E-state index is 0.0322. The lowest BCUT2D eigenvalue weighted by atomic mass is 9.99. The van der Waals surface area contributed by atoms with Crippen LogP contribution in [-0.2, 0) is 9.53 Å². The van der Waals surface area contributed by atoms with Gasteiger partial charge in [-0.1, -0.05) is 6.07 Å². The zero-order valence-corrected chi connectivity index (χ0v) is 9.80. The third-order valence-electron chi connectivity index (χ3n) is 2.58. The molecule has 94 valence electrons. The molecule has 1 unspecified atom stereocenters. The Bertz CT molecular complexity index is 421. The maximum Gasteiger partial charge on any atom is 0.305 e. The summed E-state index contributed by atoms with van der Waals surface area (Å²) in [6.07, 6.45) is 0.175. The van der Waals surface area contributed by atoms with E-state index < -0.39 is 23.6 Å². The number of benzene rings is 1. The van der Waals surface area contributed by atoms with Gasteiger partial charge in [-0.05, 0) is 25.0 Å². The van der Waals surface area contributed by atoms with E-state index >= 15 is 0 Å². The maximum atomic E-state index is 13.7. The van der Waals surface area contributed by atoms with Crippen molar-refractivity contribution in [2.45, 2.75) is 25.8 Å². The molecule has 1 aromatic rings. The predicted molar refractivity (Wildman–Crippen MR) is 59.3 cm³/mol. The van der Waals surface area contributed by atoms with Gasteiger partial charge < -0.3 is 10.5 Å². The molecule has 1 atom stereocenters. The van der Waals surface area contributed by atoms with Crippen molar-refractivity contribution in [3.05, 3.63) is 34.9 Å². The predicted octanol–water partition coefficient (Wildman–Crippen LogP) is 2.23. The Balaban J connectivity index is 2.85. The number of aryl methyl sites for hydroxylation is 1. The van der Waals surface area contributed by atoms with Crippen LogP contribution < -0.4 is 5.73 Å². The average molecular weight is 243 g/mol. The van der Waals surface area contributed by atoms with E-state index in [-0.39, 0.29) is 18.4 Å². The van der Waals surface area contributed by atoms with Crippen molar-refractivity contribution in [2.24, 2.45) is 5.73 Å². The quantitative estimate of drug-likeness (QED) is 0.825. The highest BCUT2D eigenvalue weighted by Gasteiger charge is 2.19. The summed E-state index contributed by atoms with van der Waals surface area (Å²) in [5, 5.41) is 0. The fraction of sp³-hybridized carbons (Fsp3) is 0.417. The smallest absolute Gasteiger partial charge is 0.305 e. The molecule has 1 aromatic carbocycles. The van der Waals surface area contributed by atoms with Gasteiger partial charge in [-0.2, -0.15) is 0 Å². The summed E-state index contributed by atoms with van der Waals surface area (Å²) in [6.45, 7) is 1.53. The summed E-state index contributed by atoms with van der Waals surface area (Å²) in [7, 11) is 1.25. The molecule has 0 aliphatic heterocycles. The molecule has 0 aromatic heterocycles. The molecule has 2 N–H and O–H groups in total. The number of halogens is 2. The third kappa shape index (κ3) is 3.23. The normalized spacial score (nSPS) is 12.3. The molecule has 0 fully saturated rings. The van der Waals surface area contributed by atoms with Gasteiger partial charge in [0, 0.05) is 18.0 Å². The highest BCUT2D eigenvalue weighted by molar-refractivity contribution is 5.69. The van der Waals surface area contributed by atoms with Gasteiger partial charge in [-0.25, -0.2) is 8.78 Å². The Morgan fingerprint density at radius 2 is 2.12 bits per heavy atom. The van der Waals surface area contributed by atoms with Crippen molar-refractivity contribution in [1.82, 2.24) is 0 Å². The molecule has 17 heavy (non-hydrogen) atoms. The number of rotatable bonds is 4. The summed E-state index contributed by atoms with van der Waals surface area (Å²) in [6, 6.07) is 1.67. The molecular weight excluding hydrogens is 228 g/mol. The second-order valence-electron chi connectivity index (χ2n) is 3.81. The van der Waals surface area contributed by atoms with Crippen molar-refractivity contribution >= 4 is 5.97 Å². The molecule has 0 radical (unpaired) electrons. The first-order valence-electron chi connectivity index (χ1n) is 5.24. The van der Waals surface area contributed by atoms with Gasteiger partial charge in [0.05, 0.1) is 7.11 Å². The fourth-order valence-corrected chi connectivity index (χ4v) is 1.54. The Hall–Kier alpha value is -1.49. The second-order valence-corrected chi connectivity index (χ2v) is 3.81. The molecule has 0 heterocycles. The molecule has 0 aliphatic carbocycles. The van der Waals surface area contributed by atoms with Crippen molar-refractivity contribution in [3.63, 3.8) is 0 Å². The third-order valence-corrected chi connectivity index (χ3v) is 2.58. The number of carbonyl (C=O) groups excluding carboxylic acids is 1. The summed E-state index contributed by atoms with van der Waals surface area (Å²) >= 11 is 0. The van der Waals surface area contributed by atoms with E-state index in [0.29, 0.717) is 5.56 Å². The molecule has 0 bridgehead atoms. The van der Waals surface area contributed by atoms with E-state index in [0.717, 1.165) is 0 Å². The number of carbonyl (C=O) groups is 1. The van der Waals surface area contributed by atoms with Crippen molar-refractivity contribution < 1.29 is 18.3 Å². The van der Waals surface area contributed by atoms with E-state index in [1.807, 2.05) is 0 Å². The lowest BCUT2D eigenvalue weighted by Crippen LogP contribution is -2.16. The van der Waals surface area contributed by atoms with Gasteiger partial charge in [0.1, 0.15) is 11.6 Å². The van der Waals surface area contributed by atoms with Gasteiger partial charge in [0.2, 0.25) is 0 Å². The van der Waals surface area contributed by atoms with Crippen molar-refractivity contribution in [2.75, 3.05) is 7.11 Å². The van der Waals surface area contributed by atoms with Gasteiger partial charge >= 0.3 is 5.97 Å². The number of hydrogen-bond donors (Lipinski definition) is 1. The number of methoxy groups -OCH3 is 1. The molecule has 0 saturated carbocycles. The Kier molecular flexibility index (Phi) is 4.57. The van der Waals surface area contributed by atoms with Crippen molar-refractivity contribution in [3.8, 4) is 0 Å². The largest absolute Gasteiger partial charge is 0.469 e. The summed E-state index contributed by atoms with van der Waals surface area (Å²) in [5.74, 6) is -1.79. The van der Waals surface area contributed by atoms with Crippen LogP contribution in [0.15, 0.2) is 12.1 Å². The molecule has 1 rings (SSSR count). The Morgan fingerprint density at radius 3 is 2.71 bits per heavy atom. The number of esters is 1. The molecule has 3 nitrogen and oxygen atoms in total. The van der Waals surface area contributed by atoms with Gasteiger partial charge in [0.15, 0.2) is 0 Å². The van der Waals surface area contributed by atoms with Crippen LogP contribution in [0.3, 0.4) is 0 Å². The molecule has 0 amide bonds. The van der Waals surface area contributed by atoms with Gasteiger partial charge in [0.25, 0.3) is 0 Å². The van der Waals surface area contributed by atoms with Crippen LogP contribution >= 0.6 is 0 Å². The lowest BCUT2D eigenvalue weighted by molar-refractivity contribution is -0.140. The topological polar surface area (TPSA) is 52.3 Å². The average Bonchev–Trinajstić information content (AvgIpc) is 2.31. The molecule has 0 aliphatic rings. The first-order chi connectivity index (χ1) is 7.97. The molecular formula is C12H15F2NO2. The fourth-order valence-electron chi connectivity index (χ4n) is 1.54. The minimum Gasteiger partial charge on any atom is -0.469 e. The second kappa shape index (κ2) is 5.72. The lowest BCUT2D eigenvalue weighted by Gasteiger charge is -2.14. The number of ether oxygens (including phenoxy) is 1. The molecule has 0 spiro atoms. The van der Waals surface area contributed by atoms with Crippen LogP contribution in [0.2, 0.25) is 0 Å². The number of nitrogens with two attached hydrogens (primary N) is 1. The first kappa shape index (κ1) is 13.6. The summed E-state index contributed by atoms with van der Waals surface area (Å²) in [4.78, 5) is 10.9. The standard InChI is InChI=1S/C12H15F2NO2/c1-7-3-4-8(13)11(12(7)14)9(15)5-6-10(16)17-2/h3-4,9H,5-6,15H2,1-2H3. The highest BCUT2D eigenvalue weighted by atomic mass is 19.1. The maximum absolute atomic E-state index is 13.7.